The van der Waals surface area contributed by atoms with Gasteiger partial charge in [-0.3, -0.25) is 0 Å². The Hall–Kier alpha value is -1.21. The molecule has 5 heteroatoms. The van der Waals surface area contributed by atoms with Crippen molar-refractivity contribution in [1.82, 2.24) is 0 Å². The van der Waals surface area contributed by atoms with Gasteiger partial charge in [-0.05, 0) is 30.3 Å². The number of ether oxygens (including phenoxy) is 1. The fourth-order valence-electron chi connectivity index (χ4n) is 1.35. The van der Waals surface area contributed by atoms with Crippen LogP contribution in [0.25, 0.3) is 0 Å². The smallest absolute Gasteiger partial charge is 0.147 e. The van der Waals surface area contributed by atoms with Crippen LogP contribution in [0.5, 0.6) is 11.5 Å². The average molecular weight is 343 g/mol. The monoisotopic (exact) mass is 341 g/mol. The van der Waals surface area contributed by atoms with Gasteiger partial charge in [-0.2, -0.15) is 5.26 Å². The van der Waals surface area contributed by atoms with E-state index in [0.29, 0.717) is 27.1 Å². The first-order chi connectivity index (χ1) is 8.61. The van der Waals surface area contributed by atoms with Gasteiger partial charge in [-0.1, -0.05) is 45.2 Å². The summed E-state index contributed by atoms with van der Waals surface area (Å²) in [5, 5.41) is 9.73. The van der Waals surface area contributed by atoms with E-state index in [4.69, 9.17) is 33.2 Å². The minimum absolute atomic E-state index is 0.322. The molecule has 0 aromatic heterocycles. The van der Waals surface area contributed by atoms with Crippen molar-refractivity contribution < 1.29 is 4.74 Å². The SMILES string of the molecule is N#Cc1ccc(Br)cc1Oc1cccc(Cl)c1Cl. The first-order valence-electron chi connectivity index (χ1n) is 4.93. The zero-order valence-corrected chi connectivity index (χ0v) is 12.1. The van der Waals surface area contributed by atoms with Crippen LogP contribution in [0.4, 0.5) is 0 Å². The van der Waals surface area contributed by atoms with E-state index in [-0.39, 0.29) is 0 Å². The molecule has 18 heavy (non-hydrogen) atoms. The predicted molar refractivity (Wildman–Crippen MR) is 75.4 cm³/mol. The van der Waals surface area contributed by atoms with E-state index in [0.717, 1.165) is 4.47 Å². The van der Waals surface area contributed by atoms with Crippen molar-refractivity contribution in [2.45, 2.75) is 0 Å². The molecule has 0 aliphatic heterocycles. The summed E-state index contributed by atoms with van der Waals surface area (Å²) in [6.45, 7) is 0. The van der Waals surface area contributed by atoms with E-state index in [9.17, 15) is 0 Å². The van der Waals surface area contributed by atoms with Gasteiger partial charge < -0.3 is 4.74 Å². The van der Waals surface area contributed by atoms with Crippen molar-refractivity contribution in [3.8, 4) is 17.6 Å². The molecule has 0 amide bonds. The van der Waals surface area contributed by atoms with Gasteiger partial charge in [0, 0.05) is 4.47 Å². The first kappa shape index (κ1) is 13.2. The highest BCUT2D eigenvalue weighted by Gasteiger charge is 2.10. The minimum atomic E-state index is 0.322. The molecule has 0 radical (unpaired) electrons. The second kappa shape index (κ2) is 5.62. The number of nitrogens with zero attached hydrogens (tertiary/aromatic N) is 1. The Morgan fingerprint density at radius 1 is 1.11 bits per heavy atom. The standard InChI is InChI=1S/C13H6BrCl2NO/c14-9-5-4-8(7-17)12(6-9)18-11-3-1-2-10(15)13(11)16/h1-6H. The largest absolute Gasteiger partial charge is 0.454 e. The molecular formula is C13H6BrCl2NO. The van der Waals surface area contributed by atoms with E-state index in [1.165, 1.54) is 0 Å². The van der Waals surface area contributed by atoms with Crippen LogP contribution in [-0.2, 0) is 0 Å². The molecule has 0 atom stereocenters. The average Bonchev–Trinajstić information content (AvgIpc) is 2.35. The van der Waals surface area contributed by atoms with Gasteiger partial charge in [0.1, 0.15) is 22.6 Å². The summed E-state index contributed by atoms with van der Waals surface area (Å²) in [4.78, 5) is 0. The lowest BCUT2D eigenvalue weighted by molar-refractivity contribution is 0.481. The van der Waals surface area contributed by atoms with Gasteiger partial charge in [0.15, 0.2) is 0 Å². The third-order valence-corrected chi connectivity index (χ3v) is 3.50. The van der Waals surface area contributed by atoms with Gasteiger partial charge >= 0.3 is 0 Å². The zero-order valence-electron chi connectivity index (χ0n) is 8.95. The molecule has 0 saturated carbocycles. The van der Waals surface area contributed by atoms with E-state index in [1.54, 1.807) is 36.4 Å². The van der Waals surface area contributed by atoms with Gasteiger partial charge in [0.2, 0.25) is 0 Å². The van der Waals surface area contributed by atoms with E-state index in [1.807, 2.05) is 0 Å². The maximum Gasteiger partial charge on any atom is 0.147 e. The van der Waals surface area contributed by atoms with Crippen LogP contribution >= 0.6 is 39.1 Å². The molecule has 2 aromatic carbocycles. The van der Waals surface area contributed by atoms with Crippen LogP contribution in [0.3, 0.4) is 0 Å². The predicted octanol–water partition coefficient (Wildman–Crippen LogP) is 5.42. The Labute approximate surface area is 123 Å². The summed E-state index contributed by atoms with van der Waals surface area (Å²) in [5.74, 6) is 0.842. The van der Waals surface area contributed by atoms with Gasteiger partial charge in [0.25, 0.3) is 0 Å². The molecule has 0 aliphatic carbocycles. The maximum atomic E-state index is 9.01. The van der Waals surface area contributed by atoms with E-state index in [2.05, 4.69) is 22.0 Å². The van der Waals surface area contributed by atoms with Crippen molar-refractivity contribution in [3.05, 3.63) is 56.5 Å². The summed E-state index contributed by atoms with van der Waals surface area (Å²) in [5.41, 5.74) is 0.425. The second-order valence-corrected chi connectivity index (χ2v) is 5.11. The highest BCUT2D eigenvalue weighted by atomic mass is 79.9. The van der Waals surface area contributed by atoms with Crippen LogP contribution in [0, 0.1) is 11.3 Å². The molecule has 0 aliphatic rings. The van der Waals surface area contributed by atoms with E-state index >= 15 is 0 Å². The molecule has 0 unspecified atom stereocenters. The normalized spacial score (nSPS) is 9.89. The Morgan fingerprint density at radius 2 is 1.89 bits per heavy atom. The highest BCUT2D eigenvalue weighted by molar-refractivity contribution is 9.10. The van der Waals surface area contributed by atoms with Gasteiger partial charge in [0.05, 0.1) is 10.6 Å². The fourth-order valence-corrected chi connectivity index (χ4v) is 2.02. The summed E-state index contributed by atoms with van der Waals surface area (Å²) >= 11 is 15.2. The van der Waals surface area contributed by atoms with Gasteiger partial charge in [-0.15, -0.1) is 0 Å². The molecule has 0 bridgehead atoms. The Kier molecular flexibility index (Phi) is 4.13. The number of benzene rings is 2. The molecule has 0 heterocycles. The Morgan fingerprint density at radius 3 is 2.61 bits per heavy atom. The minimum Gasteiger partial charge on any atom is -0.454 e. The van der Waals surface area contributed by atoms with Crippen LogP contribution in [0.2, 0.25) is 10.0 Å². The molecule has 90 valence electrons. The van der Waals surface area contributed by atoms with Crippen molar-refractivity contribution in [2.24, 2.45) is 0 Å². The number of halogens is 3. The van der Waals surface area contributed by atoms with Gasteiger partial charge in [-0.25, -0.2) is 0 Å². The first-order valence-corrected chi connectivity index (χ1v) is 6.48. The van der Waals surface area contributed by atoms with Crippen LogP contribution in [0.1, 0.15) is 5.56 Å². The second-order valence-electron chi connectivity index (χ2n) is 3.41. The lowest BCUT2D eigenvalue weighted by atomic mass is 10.2. The Bertz CT molecular complexity index is 637. The number of nitriles is 1. The van der Waals surface area contributed by atoms with Crippen LogP contribution in [0.15, 0.2) is 40.9 Å². The Balaban J connectivity index is 2.43. The third kappa shape index (κ3) is 2.78. The fraction of sp³-hybridized carbons (Fsp3) is 0. The highest BCUT2D eigenvalue weighted by Crippen LogP contribution is 2.36. The number of rotatable bonds is 2. The molecule has 2 rings (SSSR count). The molecule has 2 aromatic rings. The summed E-state index contributed by atoms with van der Waals surface area (Å²) in [7, 11) is 0. The van der Waals surface area contributed by atoms with Crippen LogP contribution < -0.4 is 4.74 Å². The molecule has 0 spiro atoms. The topological polar surface area (TPSA) is 33.0 Å². The lowest BCUT2D eigenvalue weighted by Crippen LogP contribution is -1.89. The molecular weight excluding hydrogens is 337 g/mol. The molecule has 0 fully saturated rings. The number of hydrogen-bond acceptors (Lipinski definition) is 2. The zero-order chi connectivity index (χ0) is 13.1. The molecule has 0 N–H and O–H groups in total. The van der Waals surface area contributed by atoms with Crippen molar-refractivity contribution in [3.63, 3.8) is 0 Å². The van der Waals surface area contributed by atoms with Crippen molar-refractivity contribution in [1.29, 1.82) is 5.26 Å². The molecule has 2 nitrogen and oxygen atoms in total. The summed E-state index contributed by atoms with van der Waals surface area (Å²) in [6.07, 6.45) is 0. The summed E-state index contributed by atoms with van der Waals surface area (Å²) < 4.78 is 6.44. The molecule has 0 saturated heterocycles. The van der Waals surface area contributed by atoms with Crippen molar-refractivity contribution in [2.75, 3.05) is 0 Å². The lowest BCUT2D eigenvalue weighted by Gasteiger charge is -2.10. The van der Waals surface area contributed by atoms with Crippen molar-refractivity contribution >= 4 is 39.1 Å². The van der Waals surface area contributed by atoms with Crippen LogP contribution in [-0.4, -0.2) is 0 Å². The van der Waals surface area contributed by atoms with E-state index < -0.39 is 0 Å². The quantitative estimate of drug-likeness (QED) is 0.730. The third-order valence-electron chi connectivity index (χ3n) is 2.20. The maximum absolute atomic E-state index is 9.01. The number of hydrogen-bond donors (Lipinski definition) is 0. The summed E-state index contributed by atoms with van der Waals surface area (Å²) in [6, 6.07) is 12.3.